The second-order valence-corrected chi connectivity index (χ2v) is 8.94. The van der Waals surface area contributed by atoms with Crippen LogP contribution >= 0.6 is 11.8 Å². The molecule has 0 spiro atoms. The van der Waals surface area contributed by atoms with Crippen molar-refractivity contribution in [3.05, 3.63) is 64.6 Å². The zero-order valence-corrected chi connectivity index (χ0v) is 16.7. The molecule has 0 bridgehead atoms. The van der Waals surface area contributed by atoms with Gasteiger partial charge in [-0.2, -0.15) is 4.31 Å². The van der Waals surface area contributed by atoms with Gasteiger partial charge in [0, 0.05) is 0 Å². The monoisotopic (exact) mass is 444 g/mol. The van der Waals surface area contributed by atoms with Crippen LogP contribution in [0.3, 0.4) is 0 Å². The third-order valence-electron chi connectivity index (χ3n) is 4.23. The van der Waals surface area contributed by atoms with E-state index in [0.717, 1.165) is 11.8 Å². The number of ether oxygens (including phenoxy) is 1. The van der Waals surface area contributed by atoms with E-state index in [1.165, 1.54) is 42.5 Å². The quantitative estimate of drug-likeness (QED) is 0.707. The zero-order chi connectivity index (χ0) is 21.5. The van der Waals surface area contributed by atoms with Gasteiger partial charge in [-0.3, -0.25) is 24.5 Å². The van der Waals surface area contributed by atoms with Crippen LogP contribution in [0.1, 0.15) is 15.9 Å². The van der Waals surface area contributed by atoms with Crippen LogP contribution in [-0.4, -0.2) is 42.3 Å². The van der Waals surface area contributed by atoms with Crippen LogP contribution in [0, 0.1) is 0 Å². The fourth-order valence-electron chi connectivity index (χ4n) is 2.87. The highest BCUT2D eigenvalue weighted by molar-refractivity contribution is 8.18. The number of amides is 4. The first kappa shape index (κ1) is 19.9. The molecule has 1 fully saturated rings. The maximum Gasteiger partial charge on any atom is 0.290 e. The van der Waals surface area contributed by atoms with E-state index in [0.29, 0.717) is 5.56 Å². The summed E-state index contributed by atoms with van der Waals surface area (Å²) in [7, 11) is -4.25. The molecule has 11 heteroatoms. The van der Waals surface area contributed by atoms with Crippen molar-refractivity contribution in [1.82, 2.24) is 9.62 Å². The van der Waals surface area contributed by atoms with Crippen molar-refractivity contribution in [3.63, 3.8) is 0 Å². The first-order valence-electron chi connectivity index (χ1n) is 8.46. The topological polar surface area (TPSA) is 127 Å². The minimum atomic E-state index is -4.25. The molecule has 0 unspecified atom stereocenters. The predicted octanol–water partition coefficient (Wildman–Crippen LogP) is 1.76. The molecule has 2 aromatic carbocycles. The molecule has 9 nitrogen and oxygen atoms in total. The lowest BCUT2D eigenvalue weighted by molar-refractivity contribution is -0.126. The average Bonchev–Trinajstić information content (AvgIpc) is 3.13. The number of fused-ring (bicyclic) bond motifs is 1. The molecule has 152 valence electrons. The van der Waals surface area contributed by atoms with Crippen LogP contribution < -0.4 is 10.1 Å². The molecule has 0 atom stereocenters. The van der Waals surface area contributed by atoms with Crippen molar-refractivity contribution in [2.24, 2.45) is 0 Å². The molecule has 0 aliphatic carbocycles. The highest BCUT2D eigenvalue weighted by Gasteiger charge is 2.45. The van der Waals surface area contributed by atoms with Gasteiger partial charge in [0.15, 0.2) is 6.61 Å². The molecule has 0 radical (unpaired) electrons. The Morgan fingerprint density at radius 1 is 1.07 bits per heavy atom. The van der Waals surface area contributed by atoms with Crippen molar-refractivity contribution < 1.29 is 32.3 Å². The number of thioether (sulfide) groups is 1. The number of hydrogen-bond acceptors (Lipinski definition) is 8. The van der Waals surface area contributed by atoms with Gasteiger partial charge in [0.05, 0.1) is 10.5 Å². The summed E-state index contributed by atoms with van der Waals surface area (Å²) in [6.45, 7) is -0.661. The van der Waals surface area contributed by atoms with E-state index in [4.69, 9.17) is 4.74 Å². The maximum atomic E-state index is 12.5. The Balaban J connectivity index is 1.44. The smallest absolute Gasteiger partial charge is 0.290 e. The number of rotatable bonds is 4. The van der Waals surface area contributed by atoms with E-state index in [9.17, 15) is 27.6 Å². The van der Waals surface area contributed by atoms with Gasteiger partial charge in [-0.15, -0.1) is 0 Å². The summed E-state index contributed by atoms with van der Waals surface area (Å²) < 4.78 is 30.5. The first-order chi connectivity index (χ1) is 14.3. The molecule has 2 heterocycles. The molecule has 30 heavy (non-hydrogen) atoms. The molecule has 4 rings (SSSR count). The predicted molar refractivity (Wildman–Crippen MR) is 106 cm³/mol. The van der Waals surface area contributed by atoms with Gasteiger partial charge in [-0.1, -0.05) is 24.3 Å². The van der Waals surface area contributed by atoms with Crippen LogP contribution in [0.4, 0.5) is 4.79 Å². The highest BCUT2D eigenvalue weighted by atomic mass is 32.2. The fraction of sp³-hybridized carbons (Fsp3) is 0.0526. The lowest BCUT2D eigenvalue weighted by Crippen LogP contribution is -2.39. The molecule has 1 saturated heterocycles. The van der Waals surface area contributed by atoms with Gasteiger partial charge in [0.2, 0.25) is 0 Å². The van der Waals surface area contributed by atoms with E-state index in [1.807, 2.05) is 0 Å². The summed E-state index contributed by atoms with van der Waals surface area (Å²) >= 11 is 0.787. The average molecular weight is 444 g/mol. The molecule has 4 amide bonds. The molecule has 2 aliphatic heterocycles. The minimum absolute atomic E-state index is 0.0597. The van der Waals surface area contributed by atoms with Gasteiger partial charge in [-0.25, -0.2) is 8.42 Å². The summed E-state index contributed by atoms with van der Waals surface area (Å²) in [6.07, 6.45) is 1.52. The standard InChI is InChI=1S/C19H12N2O7S2/c22-16(21-18(24)13-3-1-2-4-15(13)30(21,26)27)10-28-12-7-5-11(6-8-12)9-14-17(23)20-19(25)29-14/h1-9H,10H2,(H,20,23,25)/b14-9+. The molecule has 0 saturated carbocycles. The van der Waals surface area contributed by atoms with Crippen LogP contribution in [0.5, 0.6) is 5.75 Å². The van der Waals surface area contributed by atoms with Gasteiger partial charge in [0.1, 0.15) is 10.6 Å². The zero-order valence-electron chi connectivity index (χ0n) is 15.0. The number of imide groups is 2. The molecular weight excluding hydrogens is 432 g/mol. The van der Waals surface area contributed by atoms with E-state index >= 15 is 0 Å². The number of nitrogens with zero attached hydrogens (tertiary/aromatic N) is 1. The van der Waals surface area contributed by atoms with Crippen LogP contribution in [0.15, 0.2) is 58.3 Å². The molecule has 2 aliphatic rings. The van der Waals surface area contributed by atoms with Crippen molar-refractivity contribution in [1.29, 1.82) is 0 Å². The summed E-state index contributed by atoms with van der Waals surface area (Å²) in [6, 6.07) is 11.8. The number of carbonyl (C=O) groups excluding carboxylic acids is 4. The fourth-order valence-corrected chi connectivity index (χ4v) is 5.07. The second kappa shape index (κ2) is 7.43. The maximum absolute atomic E-state index is 12.5. The van der Waals surface area contributed by atoms with Crippen molar-refractivity contribution in [2.75, 3.05) is 6.61 Å². The third-order valence-corrected chi connectivity index (χ3v) is 6.80. The summed E-state index contributed by atoms with van der Waals surface area (Å²) in [5, 5.41) is 1.70. The number of hydrogen-bond donors (Lipinski definition) is 1. The Kier molecular flexibility index (Phi) is 4.92. The largest absolute Gasteiger partial charge is 0.484 e. The Morgan fingerprint density at radius 2 is 1.77 bits per heavy atom. The van der Waals surface area contributed by atoms with E-state index in [1.54, 1.807) is 12.1 Å². The SMILES string of the molecule is O=C1NC(=O)/C(=C\c2ccc(OCC(=O)N3C(=O)c4ccccc4S3(=O)=O)cc2)S1. The van der Waals surface area contributed by atoms with Crippen molar-refractivity contribution in [3.8, 4) is 5.75 Å². The van der Waals surface area contributed by atoms with Crippen molar-refractivity contribution in [2.45, 2.75) is 4.90 Å². The number of nitrogens with one attached hydrogen (secondary N) is 1. The second-order valence-electron chi connectivity index (χ2n) is 6.17. The summed E-state index contributed by atoms with van der Waals surface area (Å²) in [5.74, 6) is -2.15. The van der Waals surface area contributed by atoms with E-state index < -0.39 is 39.6 Å². The Labute approximate surface area is 174 Å². The van der Waals surface area contributed by atoms with Gasteiger partial charge in [-0.05, 0) is 47.7 Å². The third kappa shape index (κ3) is 3.48. The summed E-state index contributed by atoms with van der Waals surface area (Å²) in [4.78, 5) is 47.5. The Bertz CT molecular complexity index is 1230. The van der Waals surface area contributed by atoms with Crippen LogP contribution in [0.25, 0.3) is 6.08 Å². The van der Waals surface area contributed by atoms with Gasteiger partial charge in [0.25, 0.3) is 33.0 Å². The Hall–Kier alpha value is -3.44. The number of carbonyl (C=O) groups is 4. The minimum Gasteiger partial charge on any atom is -0.484 e. The van der Waals surface area contributed by atoms with Crippen LogP contribution in [0.2, 0.25) is 0 Å². The Morgan fingerprint density at radius 3 is 2.40 bits per heavy atom. The molecule has 1 N–H and O–H groups in total. The van der Waals surface area contributed by atoms with E-state index in [-0.39, 0.29) is 25.4 Å². The molecule has 2 aromatic rings. The van der Waals surface area contributed by atoms with Gasteiger partial charge < -0.3 is 4.74 Å². The van der Waals surface area contributed by atoms with Crippen LogP contribution in [-0.2, 0) is 19.6 Å². The normalized spacial score (nSPS) is 18.5. The lowest BCUT2D eigenvalue weighted by atomic mass is 10.2. The summed E-state index contributed by atoms with van der Waals surface area (Å²) in [5.41, 5.74) is 0.560. The molecule has 0 aromatic heterocycles. The number of sulfonamides is 1. The lowest BCUT2D eigenvalue weighted by Gasteiger charge is -2.13. The number of benzene rings is 2. The molecular formula is C19H12N2O7S2. The van der Waals surface area contributed by atoms with Gasteiger partial charge >= 0.3 is 0 Å². The first-order valence-corrected chi connectivity index (χ1v) is 10.7. The van der Waals surface area contributed by atoms with Crippen molar-refractivity contribution >= 4 is 50.8 Å². The van der Waals surface area contributed by atoms with E-state index in [2.05, 4.69) is 5.32 Å². The highest BCUT2D eigenvalue weighted by Crippen LogP contribution is 2.30.